The largest absolute Gasteiger partial charge is 0.433 e. The van der Waals surface area contributed by atoms with Crippen molar-refractivity contribution in [2.75, 3.05) is 11.9 Å². The van der Waals surface area contributed by atoms with Crippen molar-refractivity contribution < 1.29 is 31.3 Å². The first-order valence-corrected chi connectivity index (χ1v) is 4.53. The highest BCUT2D eigenvalue weighted by atomic mass is 19.4. The van der Waals surface area contributed by atoms with Crippen molar-refractivity contribution in [3.05, 3.63) is 28.1 Å². The maximum absolute atomic E-state index is 12.3. The van der Waals surface area contributed by atoms with Gasteiger partial charge in [-0.1, -0.05) is 0 Å². The summed E-state index contributed by atoms with van der Waals surface area (Å²) >= 11 is 0. The second kappa shape index (κ2) is 4.90. The van der Waals surface area contributed by atoms with Gasteiger partial charge in [0.15, 0.2) is 0 Å². The molecule has 0 bridgehead atoms. The lowest BCUT2D eigenvalue weighted by Crippen LogP contribution is -2.22. The second-order valence-corrected chi connectivity index (χ2v) is 3.31. The van der Waals surface area contributed by atoms with Crippen molar-refractivity contribution in [1.82, 2.24) is 4.98 Å². The molecule has 19 heavy (non-hydrogen) atoms. The predicted molar refractivity (Wildman–Crippen MR) is 50.4 cm³/mol. The van der Waals surface area contributed by atoms with Crippen LogP contribution in [0.25, 0.3) is 0 Å². The maximum Gasteiger partial charge on any atom is 0.433 e. The van der Waals surface area contributed by atoms with E-state index in [1.54, 1.807) is 5.32 Å². The third-order valence-corrected chi connectivity index (χ3v) is 1.85. The topological polar surface area (TPSA) is 68.1 Å². The molecular formula is C8H5F6N3O2. The van der Waals surface area contributed by atoms with Gasteiger partial charge in [0, 0.05) is 0 Å². The molecule has 1 N–H and O–H groups in total. The van der Waals surface area contributed by atoms with Crippen LogP contribution in [0.5, 0.6) is 0 Å². The molecule has 0 aliphatic heterocycles. The molecule has 0 aliphatic carbocycles. The number of nitrogens with zero attached hydrogens (tertiary/aromatic N) is 2. The molecule has 11 heteroatoms. The van der Waals surface area contributed by atoms with Crippen molar-refractivity contribution in [1.29, 1.82) is 0 Å². The Morgan fingerprint density at radius 2 is 1.84 bits per heavy atom. The molecule has 0 aliphatic rings. The van der Waals surface area contributed by atoms with Crippen LogP contribution >= 0.6 is 0 Å². The fourth-order valence-corrected chi connectivity index (χ4v) is 1.09. The van der Waals surface area contributed by atoms with Crippen LogP contribution in [0.4, 0.5) is 37.7 Å². The molecule has 1 rings (SSSR count). The summed E-state index contributed by atoms with van der Waals surface area (Å²) in [4.78, 5) is 12.1. The molecule has 0 atom stereocenters. The Morgan fingerprint density at radius 1 is 1.26 bits per heavy atom. The minimum atomic E-state index is -4.91. The molecule has 0 spiro atoms. The molecule has 0 fully saturated rings. The monoisotopic (exact) mass is 289 g/mol. The molecule has 0 radical (unpaired) electrons. The van der Waals surface area contributed by atoms with E-state index >= 15 is 0 Å². The van der Waals surface area contributed by atoms with E-state index < -0.39 is 40.9 Å². The molecular weight excluding hydrogens is 284 g/mol. The number of alkyl halides is 6. The fraction of sp³-hybridized carbons (Fsp3) is 0.375. The Morgan fingerprint density at radius 3 is 2.26 bits per heavy atom. The van der Waals surface area contributed by atoms with Crippen molar-refractivity contribution >= 4 is 11.4 Å². The zero-order valence-corrected chi connectivity index (χ0v) is 8.84. The average molecular weight is 289 g/mol. The van der Waals surface area contributed by atoms with E-state index in [-0.39, 0.29) is 12.3 Å². The van der Waals surface area contributed by atoms with Gasteiger partial charge in [-0.05, 0) is 6.07 Å². The molecule has 0 amide bonds. The third-order valence-electron chi connectivity index (χ3n) is 1.85. The van der Waals surface area contributed by atoms with Crippen molar-refractivity contribution in [2.24, 2.45) is 0 Å². The Hall–Kier alpha value is -2.07. The van der Waals surface area contributed by atoms with Crippen LogP contribution in [0.2, 0.25) is 0 Å². The van der Waals surface area contributed by atoms with Crippen LogP contribution in [0.3, 0.4) is 0 Å². The SMILES string of the molecule is O=[N+]([O-])c1cnc(C(F)(F)F)cc1NCC(F)(F)F. The van der Waals surface area contributed by atoms with E-state index in [0.29, 0.717) is 0 Å². The minimum absolute atomic E-state index is 0.157. The number of anilines is 1. The molecule has 1 aromatic heterocycles. The standard InChI is InChI=1S/C8H5F6N3O2/c9-7(10,11)3-16-4-1-6(8(12,13)14)15-2-5(4)17(18)19/h1-2H,3H2,(H,15,16). The smallest absolute Gasteiger partial charge is 0.371 e. The first kappa shape index (κ1) is 15.0. The number of nitro groups is 1. The molecule has 0 aromatic carbocycles. The van der Waals surface area contributed by atoms with Crippen molar-refractivity contribution in [3.8, 4) is 0 Å². The summed E-state index contributed by atoms with van der Waals surface area (Å²) in [6.45, 7) is -1.70. The van der Waals surface area contributed by atoms with E-state index in [1.165, 1.54) is 0 Å². The van der Waals surface area contributed by atoms with Gasteiger partial charge in [0.2, 0.25) is 0 Å². The Bertz CT molecular complexity index is 484. The summed E-state index contributed by atoms with van der Waals surface area (Å²) < 4.78 is 72.7. The summed E-state index contributed by atoms with van der Waals surface area (Å²) in [5.41, 5.74) is -3.40. The van der Waals surface area contributed by atoms with Crippen LogP contribution in [0, 0.1) is 10.1 Å². The first-order chi connectivity index (χ1) is 8.50. The lowest BCUT2D eigenvalue weighted by atomic mass is 10.2. The lowest BCUT2D eigenvalue weighted by molar-refractivity contribution is -0.384. The summed E-state index contributed by atoms with van der Waals surface area (Å²) in [5.74, 6) is 0. The van der Waals surface area contributed by atoms with Crippen molar-refractivity contribution in [2.45, 2.75) is 12.4 Å². The zero-order chi connectivity index (χ0) is 14.8. The van der Waals surface area contributed by atoms with Crippen LogP contribution in [0.1, 0.15) is 5.69 Å². The van der Waals surface area contributed by atoms with Gasteiger partial charge in [-0.15, -0.1) is 0 Å². The number of pyridine rings is 1. The summed E-state index contributed by atoms with van der Waals surface area (Å²) in [7, 11) is 0. The van der Waals surface area contributed by atoms with E-state index in [4.69, 9.17) is 0 Å². The van der Waals surface area contributed by atoms with E-state index in [1.807, 2.05) is 0 Å². The molecule has 106 valence electrons. The highest BCUT2D eigenvalue weighted by Gasteiger charge is 2.35. The van der Waals surface area contributed by atoms with Crippen LogP contribution in [0.15, 0.2) is 12.3 Å². The Kier molecular flexibility index (Phi) is 3.86. The second-order valence-electron chi connectivity index (χ2n) is 3.31. The normalized spacial score (nSPS) is 12.3. The fourth-order valence-electron chi connectivity index (χ4n) is 1.09. The first-order valence-electron chi connectivity index (χ1n) is 4.53. The maximum atomic E-state index is 12.3. The van der Waals surface area contributed by atoms with Gasteiger partial charge in [0.25, 0.3) is 0 Å². The third kappa shape index (κ3) is 4.26. The van der Waals surface area contributed by atoms with Crippen LogP contribution < -0.4 is 5.32 Å². The van der Waals surface area contributed by atoms with Gasteiger partial charge in [0.05, 0.1) is 4.92 Å². The van der Waals surface area contributed by atoms with Crippen LogP contribution in [-0.2, 0) is 6.18 Å². The number of halogens is 6. The van der Waals surface area contributed by atoms with E-state index in [0.717, 1.165) is 0 Å². The highest BCUT2D eigenvalue weighted by molar-refractivity contribution is 5.61. The summed E-state index contributed by atoms with van der Waals surface area (Å²) in [6, 6.07) is 0.157. The molecule has 0 saturated carbocycles. The average Bonchev–Trinajstić information content (AvgIpc) is 2.23. The van der Waals surface area contributed by atoms with Gasteiger partial charge in [0.1, 0.15) is 24.1 Å². The molecule has 5 nitrogen and oxygen atoms in total. The van der Waals surface area contributed by atoms with Gasteiger partial charge in [-0.3, -0.25) is 10.1 Å². The summed E-state index contributed by atoms with van der Waals surface area (Å²) in [5, 5.41) is 12.0. The minimum Gasteiger partial charge on any atom is -0.371 e. The zero-order valence-electron chi connectivity index (χ0n) is 8.84. The molecule has 1 aromatic rings. The van der Waals surface area contributed by atoms with Crippen molar-refractivity contribution in [3.63, 3.8) is 0 Å². The molecule has 1 heterocycles. The number of hydrogen-bond donors (Lipinski definition) is 1. The van der Waals surface area contributed by atoms with Crippen LogP contribution in [-0.4, -0.2) is 22.6 Å². The number of rotatable bonds is 3. The molecule has 0 unspecified atom stereocenters. The van der Waals surface area contributed by atoms with Gasteiger partial charge in [-0.25, -0.2) is 4.98 Å². The van der Waals surface area contributed by atoms with Gasteiger partial charge in [-0.2, -0.15) is 26.3 Å². The van der Waals surface area contributed by atoms with E-state index in [2.05, 4.69) is 4.98 Å². The number of aromatic nitrogens is 1. The lowest BCUT2D eigenvalue weighted by Gasteiger charge is -2.11. The van der Waals surface area contributed by atoms with Gasteiger partial charge >= 0.3 is 18.0 Å². The molecule has 0 saturated heterocycles. The Labute approximate surface area is 101 Å². The highest BCUT2D eigenvalue weighted by Crippen LogP contribution is 2.33. The predicted octanol–water partition coefficient (Wildman–Crippen LogP) is 2.98. The van der Waals surface area contributed by atoms with E-state index in [9.17, 15) is 36.5 Å². The Balaban J connectivity index is 3.13. The number of nitrogens with one attached hydrogen (secondary N) is 1. The quantitative estimate of drug-likeness (QED) is 0.527. The summed E-state index contributed by atoms with van der Waals surface area (Å²) in [6.07, 6.45) is -9.39. The van der Waals surface area contributed by atoms with Gasteiger partial charge < -0.3 is 5.32 Å². The number of hydrogen-bond acceptors (Lipinski definition) is 4.